The average molecular weight is 316 g/mol. The molecule has 4 nitrogen and oxygen atoms in total. The molecule has 0 aromatic carbocycles. The molecule has 0 atom stereocenters. The number of hydrogen-bond acceptors (Lipinski definition) is 5. The Labute approximate surface area is 136 Å². The van der Waals surface area contributed by atoms with Crippen LogP contribution in [0.15, 0.2) is 0 Å². The van der Waals surface area contributed by atoms with Crippen LogP contribution in [-0.4, -0.2) is 47.6 Å². The minimum atomic E-state index is 0.917. The molecule has 1 saturated heterocycles. The lowest BCUT2D eigenvalue weighted by atomic mass is 10.1. The maximum absolute atomic E-state index is 4.95. The highest BCUT2D eigenvalue weighted by atomic mass is 32.1. The number of fused-ring (bicyclic) bond motifs is 3. The maximum atomic E-state index is 4.95. The van der Waals surface area contributed by atoms with Crippen molar-refractivity contribution >= 4 is 27.4 Å². The van der Waals surface area contributed by atoms with Gasteiger partial charge in [-0.3, -0.25) is 0 Å². The summed E-state index contributed by atoms with van der Waals surface area (Å²) in [7, 11) is 0. The molecular weight excluding hydrogens is 292 g/mol. The summed E-state index contributed by atoms with van der Waals surface area (Å²) in [6.07, 6.45) is 4.67. The number of hydrogen-bond donors (Lipinski definition) is 0. The number of thiophene rings is 1. The first kappa shape index (κ1) is 14.4. The molecule has 1 aliphatic heterocycles. The molecule has 0 unspecified atom stereocenters. The molecule has 1 fully saturated rings. The molecule has 2 aromatic heterocycles. The van der Waals surface area contributed by atoms with Crippen molar-refractivity contribution in [1.29, 1.82) is 0 Å². The summed E-state index contributed by atoms with van der Waals surface area (Å²) >= 11 is 1.91. The Balaban J connectivity index is 1.78. The van der Waals surface area contributed by atoms with Gasteiger partial charge in [0.1, 0.15) is 16.5 Å². The Kier molecular flexibility index (Phi) is 3.78. The zero-order chi connectivity index (χ0) is 15.1. The lowest BCUT2D eigenvalue weighted by molar-refractivity contribution is 0.270. The van der Waals surface area contributed by atoms with E-state index in [1.165, 1.54) is 35.3 Å². The zero-order valence-corrected chi connectivity index (χ0v) is 14.4. The molecule has 22 heavy (non-hydrogen) atoms. The summed E-state index contributed by atoms with van der Waals surface area (Å²) in [6, 6.07) is 0. The van der Waals surface area contributed by atoms with Gasteiger partial charge in [0.25, 0.3) is 0 Å². The highest BCUT2D eigenvalue weighted by molar-refractivity contribution is 7.19. The second kappa shape index (κ2) is 5.78. The van der Waals surface area contributed by atoms with Gasteiger partial charge in [-0.1, -0.05) is 13.8 Å². The number of rotatable bonds is 3. The SMILES string of the molecule is CCc1nc(N2CCN(CC)CC2)c2c3c(sc2n1)CCC3. The van der Waals surface area contributed by atoms with E-state index in [4.69, 9.17) is 9.97 Å². The first-order valence-corrected chi connectivity index (χ1v) is 9.40. The summed E-state index contributed by atoms with van der Waals surface area (Å²) in [4.78, 5) is 17.6. The van der Waals surface area contributed by atoms with Gasteiger partial charge in [-0.05, 0) is 31.4 Å². The average Bonchev–Trinajstić information content (AvgIpc) is 3.14. The summed E-state index contributed by atoms with van der Waals surface area (Å²) < 4.78 is 0. The van der Waals surface area contributed by atoms with E-state index in [0.717, 1.165) is 45.0 Å². The van der Waals surface area contributed by atoms with Crippen molar-refractivity contribution in [3.05, 3.63) is 16.3 Å². The van der Waals surface area contributed by atoms with E-state index in [2.05, 4.69) is 23.6 Å². The summed E-state index contributed by atoms with van der Waals surface area (Å²) in [5.41, 5.74) is 1.55. The fourth-order valence-electron chi connectivity index (χ4n) is 3.68. The van der Waals surface area contributed by atoms with Gasteiger partial charge in [0.15, 0.2) is 0 Å². The molecule has 0 saturated carbocycles. The number of piperazine rings is 1. The second-order valence-electron chi connectivity index (χ2n) is 6.28. The highest BCUT2D eigenvalue weighted by Gasteiger charge is 2.26. The third kappa shape index (κ3) is 2.31. The van der Waals surface area contributed by atoms with Crippen LogP contribution in [0.1, 0.15) is 36.5 Å². The van der Waals surface area contributed by atoms with Crippen LogP contribution in [0.4, 0.5) is 5.82 Å². The Morgan fingerprint density at radius 2 is 1.86 bits per heavy atom. The Morgan fingerprint density at radius 3 is 2.59 bits per heavy atom. The van der Waals surface area contributed by atoms with E-state index in [9.17, 15) is 0 Å². The topological polar surface area (TPSA) is 32.3 Å². The number of likely N-dealkylation sites (N-methyl/N-ethyl adjacent to an activating group) is 1. The molecule has 0 spiro atoms. The van der Waals surface area contributed by atoms with Gasteiger partial charge in [-0.15, -0.1) is 11.3 Å². The van der Waals surface area contributed by atoms with Gasteiger partial charge in [0.2, 0.25) is 0 Å². The van der Waals surface area contributed by atoms with Crippen LogP contribution >= 0.6 is 11.3 Å². The highest BCUT2D eigenvalue weighted by Crippen LogP contribution is 2.40. The molecule has 0 bridgehead atoms. The molecule has 0 radical (unpaired) electrons. The Bertz CT molecular complexity index is 686. The molecule has 5 heteroatoms. The number of anilines is 1. The van der Waals surface area contributed by atoms with E-state index in [-0.39, 0.29) is 0 Å². The minimum absolute atomic E-state index is 0.917. The molecule has 4 rings (SSSR count). The van der Waals surface area contributed by atoms with E-state index >= 15 is 0 Å². The Morgan fingerprint density at radius 1 is 1.05 bits per heavy atom. The van der Waals surface area contributed by atoms with Crippen molar-refractivity contribution in [1.82, 2.24) is 14.9 Å². The maximum Gasteiger partial charge on any atom is 0.141 e. The van der Waals surface area contributed by atoms with E-state index in [1.54, 1.807) is 10.4 Å². The first-order chi connectivity index (χ1) is 10.8. The molecule has 0 N–H and O–H groups in total. The van der Waals surface area contributed by atoms with Gasteiger partial charge >= 0.3 is 0 Å². The van der Waals surface area contributed by atoms with Gasteiger partial charge < -0.3 is 9.80 Å². The molecule has 0 amide bonds. The number of nitrogens with zero attached hydrogens (tertiary/aromatic N) is 4. The largest absolute Gasteiger partial charge is 0.353 e. The van der Waals surface area contributed by atoms with Crippen molar-refractivity contribution in [3.63, 3.8) is 0 Å². The molecule has 1 aliphatic carbocycles. The lowest BCUT2D eigenvalue weighted by Crippen LogP contribution is -2.46. The van der Waals surface area contributed by atoms with Gasteiger partial charge in [0.05, 0.1) is 5.39 Å². The van der Waals surface area contributed by atoms with Gasteiger partial charge in [-0.2, -0.15) is 0 Å². The fraction of sp³-hybridized carbons (Fsp3) is 0.647. The molecular formula is C17H24N4S. The van der Waals surface area contributed by atoms with Crippen LogP contribution in [0.3, 0.4) is 0 Å². The van der Waals surface area contributed by atoms with E-state index in [1.807, 2.05) is 11.3 Å². The van der Waals surface area contributed by atoms with E-state index < -0.39 is 0 Å². The summed E-state index contributed by atoms with van der Waals surface area (Å²) in [6.45, 7) is 10.0. The van der Waals surface area contributed by atoms with E-state index in [0.29, 0.717) is 0 Å². The second-order valence-corrected chi connectivity index (χ2v) is 7.36. The third-order valence-corrected chi connectivity index (χ3v) is 6.21. The van der Waals surface area contributed by atoms with Crippen molar-refractivity contribution in [2.24, 2.45) is 0 Å². The first-order valence-electron chi connectivity index (χ1n) is 8.58. The van der Waals surface area contributed by atoms with Crippen molar-refractivity contribution in [2.45, 2.75) is 39.5 Å². The lowest BCUT2D eigenvalue weighted by Gasteiger charge is -2.35. The summed E-state index contributed by atoms with van der Waals surface area (Å²) in [5, 5.41) is 1.37. The fourth-order valence-corrected chi connectivity index (χ4v) is 4.96. The monoisotopic (exact) mass is 316 g/mol. The molecule has 2 aromatic rings. The number of aryl methyl sites for hydroxylation is 3. The molecule has 3 heterocycles. The van der Waals surface area contributed by atoms with Crippen LogP contribution in [0.5, 0.6) is 0 Å². The zero-order valence-electron chi connectivity index (χ0n) is 13.6. The van der Waals surface area contributed by atoms with Crippen molar-refractivity contribution < 1.29 is 0 Å². The van der Waals surface area contributed by atoms with Crippen LogP contribution in [0.2, 0.25) is 0 Å². The van der Waals surface area contributed by atoms with Gasteiger partial charge in [0, 0.05) is 37.5 Å². The third-order valence-electron chi connectivity index (χ3n) is 5.03. The van der Waals surface area contributed by atoms with Crippen LogP contribution in [0.25, 0.3) is 10.2 Å². The Hall–Kier alpha value is -1.20. The van der Waals surface area contributed by atoms with Crippen molar-refractivity contribution in [3.8, 4) is 0 Å². The summed E-state index contributed by atoms with van der Waals surface area (Å²) in [5.74, 6) is 2.22. The molecule has 2 aliphatic rings. The van der Waals surface area contributed by atoms with Crippen LogP contribution in [-0.2, 0) is 19.3 Å². The predicted octanol–water partition coefficient (Wildman–Crippen LogP) is 2.88. The smallest absolute Gasteiger partial charge is 0.141 e. The minimum Gasteiger partial charge on any atom is -0.353 e. The van der Waals surface area contributed by atoms with Crippen molar-refractivity contribution in [2.75, 3.05) is 37.6 Å². The van der Waals surface area contributed by atoms with Crippen LogP contribution < -0.4 is 4.90 Å². The van der Waals surface area contributed by atoms with Gasteiger partial charge in [-0.25, -0.2) is 9.97 Å². The normalized spacial score (nSPS) is 19.1. The quantitative estimate of drug-likeness (QED) is 0.871. The standard InChI is InChI=1S/C17H24N4S/c1-3-14-18-16(21-10-8-20(4-2)9-11-21)15-12-6-5-7-13(12)22-17(15)19-14/h3-11H2,1-2H3. The number of aromatic nitrogens is 2. The van der Waals surface area contributed by atoms with Crippen LogP contribution in [0, 0.1) is 0 Å². The predicted molar refractivity (Wildman–Crippen MR) is 93.1 cm³/mol. The molecule has 118 valence electrons.